The van der Waals surface area contributed by atoms with Gasteiger partial charge in [0.15, 0.2) is 5.76 Å². The SMILES string of the molecule is CNCc1cc(CN2CCCN(C)CC2C)on1. The molecule has 1 aliphatic heterocycles. The first kappa shape index (κ1) is 13.5. The van der Waals surface area contributed by atoms with Gasteiger partial charge in [-0.15, -0.1) is 0 Å². The Balaban J connectivity index is 1.94. The Kier molecular flexibility index (Phi) is 4.74. The van der Waals surface area contributed by atoms with Gasteiger partial charge in [0.2, 0.25) is 0 Å². The van der Waals surface area contributed by atoms with Crippen molar-refractivity contribution in [2.75, 3.05) is 33.7 Å². The topological polar surface area (TPSA) is 44.5 Å². The standard InChI is InChI=1S/C13H24N4O/c1-11-9-16(3)5-4-6-17(11)10-13-7-12(8-14-2)15-18-13/h7,11,14H,4-6,8-10H2,1-3H3. The number of aromatic nitrogens is 1. The number of rotatable bonds is 4. The van der Waals surface area contributed by atoms with Crippen LogP contribution in [0.2, 0.25) is 0 Å². The summed E-state index contributed by atoms with van der Waals surface area (Å²) in [4.78, 5) is 4.88. The number of nitrogens with one attached hydrogen (secondary N) is 1. The first-order valence-electron chi connectivity index (χ1n) is 6.70. The predicted molar refractivity (Wildman–Crippen MR) is 71.3 cm³/mol. The summed E-state index contributed by atoms with van der Waals surface area (Å²) in [6.45, 7) is 7.35. The summed E-state index contributed by atoms with van der Waals surface area (Å²) in [5, 5.41) is 7.14. The summed E-state index contributed by atoms with van der Waals surface area (Å²) in [6.07, 6.45) is 1.22. The Morgan fingerprint density at radius 3 is 3.11 bits per heavy atom. The van der Waals surface area contributed by atoms with Crippen LogP contribution < -0.4 is 5.32 Å². The molecule has 0 saturated carbocycles. The molecule has 1 fully saturated rings. The quantitative estimate of drug-likeness (QED) is 0.863. The highest BCUT2D eigenvalue weighted by atomic mass is 16.5. The van der Waals surface area contributed by atoms with Crippen LogP contribution in [0.4, 0.5) is 0 Å². The maximum Gasteiger partial charge on any atom is 0.151 e. The molecular formula is C13H24N4O. The van der Waals surface area contributed by atoms with Crippen molar-refractivity contribution in [2.45, 2.75) is 32.5 Å². The molecular weight excluding hydrogens is 228 g/mol. The van der Waals surface area contributed by atoms with E-state index in [1.165, 1.54) is 13.0 Å². The van der Waals surface area contributed by atoms with E-state index in [-0.39, 0.29) is 0 Å². The lowest BCUT2D eigenvalue weighted by atomic mass is 10.2. The fraction of sp³-hybridized carbons (Fsp3) is 0.769. The second-order valence-electron chi connectivity index (χ2n) is 5.25. The van der Waals surface area contributed by atoms with Gasteiger partial charge in [-0.2, -0.15) is 0 Å². The average Bonchev–Trinajstić information content (AvgIpc) is 2.69. The van der Waals surface area contributed by atoms with E-state index < -0.39 is 0 Å². The molecule has 5 nitrogen and oxygen atoms in total. The maximum absolute atomic E-state index is 5.39. The molecule has 1 aliphatic rings. The molecule has 0 aromatic carbocycles. The van der Waals surface area contributed by atoms with E-state index in [2.05, 4.69) is 40.3 Å². The molecule has 0 aliphatic carbocycles. The second kappa shape index (κ2) is 6.31. The van der Waals surface area contributed by atoms with Crippen LogP contribution in [0.1, 0.15) is 24.8 Å². The van der Waals surface area contributed by atoms with E-state index >= 15 is 0 Å². The fourth-order valence-electron chi connectivity index (χ4n) is 2.55. The monoisotopic (exact) mass is 252 g/mol. The van der Waals surface area contributed by atoms with Crippen molar-refractivity contribution in [3.63, 3.8) is 0 Å². The fourth-order valence-corrected chi connectivity index (χ4v) is 2.55. The molecule has 2 heterocycles. The van der Waals surface area contributed by atoms with Crippen LogP contribution in [-0.2, 0) is 13.1 Å². The molecule has 1 atom stereocenters. The third-order valence-electron chi connectivity index (χ3n) is 3.51. The van der Waals surface area contributed by atoms with Gasteiger partial charge < -0.3 is 14.7 Å². The van der Waals surface area contributed by atoms with Gasteiger partial charge in [-0.1, -0.05) is 5.16 Å². The number of hydrogen-bond acceptors (Lipinski definition) is 5. The van der Waals surface area contributed by atoms with Crippen molar-refractivity contribution >= 4 is 0 Å². The lowest BCUT2D eigenvalue weighted by Gasteiger charge is -2.26. The molecule has 0 spiro atoms. The normalized spacial score (nSPS) is 23.2. The molecule has 0 bridgehead atoms. The third kappa shape index (κ3) is 3.54. The highest BCUT2D eigenvalue weighted by Crippen LogP contribution is 2.14. The number of likely N-dealkylation sites (N-methyl/N-ethyl adjacent to an activating group) is 1. The molecule has 102 valence electrons. The Labute approximate surface area is 109 Å². The van der Waals surface area contributed by atoms with E-state index in [1.54, 1.807) is 0 Å². The predicted octanol–water partition coefficient (Wildman–Crippen LogP) is 0.920. The highest BCUT2D eigenvalue weighted by Gasteiger charge is 2.20. The van der Waals surface area contributed by atoms with Gasteiger partial charge in [0.05, 0.1) is 12.2 Å². The van der Waals surface area contributed by atoms with Gasteiger partial charge in [-0.05, 0) is 34.0 Å². The Morgan fingerprint density at radius 1 is 1.50 bits per heavy atom. The van der Waals surface area contributed by atoms with Crippen molar-refractivity contribution in [3.8, 4) is 0 Å². The summed E-state index contributed by atoms with van der Waals surface area (Å²) in [7, 11) is 4.11. The van der Waals surface area contributed by atoms with Gasteiger partial charge in [0.1, 0.15) is 0 Å². The lowest BCUT2D eigenvalue weighted by molar-refractivity contribution is 0.175. The number of hydrogen-bond donors (Lipinski definition) is 1. The van der Waals surface area contributed by atoms with E-state index in [0.717, 1.165) is 37.6 Å². The number of nitrogens with zero attached hydrogens (tertiary/aromatic N) is 3. The largest absolute Gasteiger partial charge is 0.360 e. The lowest BCUT2D eigenvalue weighted by Crippen LogP contribution is -2.37. The zero-order chi connectivity index (χ0) is 13.0. The Hall–Kier alpha value is -0.910. The molecule has 0 amide bonds. The van der Waals surface area contributed by atoms with Gasteiger partial charge in [0, 0.05) is 31.7 Å². The summed E-state index contributed by atoms with van der Waals surface area (Å²) >= 11 is 0. The van der Waals surface area contributed by atoms with Crippen LogP contribution in [0.25, 0.3) is 0 Å². The van der Waals surface area contributed by atoms with Crippen molar-refractivity contribution in [2.24, 2.45) is 0 Å². The highest BCUT2D eigenvalue weighted by molar-refractivity contribution is 5.05. The van der Waals surface area contributed by atoms with Crippen LogP contribution >= 0.6 is 0 Å². The minimum absolute atomic E-state index is 0.565. The van der Waals surface area contributed by atoms with Crippen LogP contribution in [-0.4, -0.2) is 54.7 Å². The van der Waals surface area contributed by atoms with Crippen LogP contribution in [0.15, 0.2) is 10.6 Å². The first-order chi connectivity index (χ1) is 8.69. The summed E-state index contributed by atoms with van der Waals surface area (Å²) in [5.74, 6) is 0.969. The van der Waals surface area contributed by atoms with Gasteiger partial charge in [-0.3, -0.25) is 4.90 Å². The second-order valence-corrected chi connectivity index (χ2v) is 5.25. The smallest absolute Gasteiger partial charge is 0.151 e. The molecule has 0 radical (unpaired) electrons. The Morgan fingerprint density at radius 2 is 2.33 bits per heavy atom. The van der Waals surface area contributed by atoms with Crippen molar-refractivity contribution < 1.29 is 4.52 Å². The minimum Gasteiger partial charge on any atom is -0.360 e. The summed E-state index contributed by atoms with van der Waals surface area (Å²) in [5.41, 5.74) is 0.979. The van der Waals surface area contributed by atoms with E-state index in [1.807, 2.05) is 7.05 Å². The average molecular weight is 252 g/mol. The zero-order valence-electron chi connectivity index (χ0n) is 11.6. The third-order valence-corrected chi connectivity index (χ3v) is 3.51. The van der Waals surface area contributed by atoms with Crippen LogP contribution in [0.5, 0.6) is 0 Å². The molecule has 1 unspecified atom stereocenters. The molecule has 5 heteroatoms. The molecule has 1 N–H and O–H groups in total. The van der Waals surface area contributed by atoms with Crippen molar-refractivity contribution in [3.05, 3.63) is 17.5 Å². The molecule has 1 aromatic rings. The van der Waals surface area contributed by atoms with Gasteiger partial charge >= 0.3 is 0 Å². The van der Waals surface area contributed by atoms with Crippen molar-refractivity contribution in [1.29, 1.82) is 0 Å². The van der Waals surface area contributed by atoms with Crippen molar-refractivity contribution in [1.82, 2.24) is 20.3 Å². The molecule has 1 aromatic heterocycles. The Bertz CT molecular complexity index is 366. The zero-order valence-corrected chi connectivity index (χ0v) is 11.6. The molecule has 1 saturated heterocycles. The van der Waals surface area contributed by atoms with E-state index in [9.17, 15) is 0 Å². The van der Waals surface area contributed by atoms with E-state index in [4.69, 9.17) is 4.52 Å². The molecule has 18 heavy (non-hydrogen) atoms. The summed E-state index contributed by atoms with van der Waals surface area (Å²) < 4.78 is 5.39. The minimum atomic E-state index is 0.565. The molecule has 2 rings (SSSR count). The van der Waals surface area contributed by atoms with Gasteiger partial charge in [0.25, 0.3) is 0 Å². The first-order valence-corrected chi connectivity index (χ1v) is 6.70. The van der Waals surface area contributed by atoms with Crippen LogP contribution in [0, 0.1) is 0 Å². The van der Waals surface area contributed by atoms with Crippen LogP contribution in [0.3, 0.4) is 0 Å². The van der Waals surface area contributed by atoms with E-state index in [0.29, 0.717) is 6.04 Å². The van der Waals surface area contributed by atoms with Gasteiger partial charge in [-0.25, -0.2) is 0 Å². The summed E-state index contributed by atoms with van der Waals surface area (Å²) in [6, 6.07) is 2.62. The maximum atomic E-state index is 5.39.